The van der Waals surface area contributed by atoms with Crippen molar-refractivity contribution in [2.75, 3.05) is 11.6 Å². The molecule has 0 aliphatic carbocycles. The molecule has 1 amide bonds. The first kappa shape index (κ1) is 9.29. The van der Waals surface area contributed by atoms with Crippen molar-refractivity contribution in [3.8, 4) is 0 Å². The van der Waals surface area contributed by atoms with Crippen LogP contribution in [-0.4, -0.2) is 28.6 Å². The maximum Gasteiger partial charge on any atom is 0.300 e. The van der Waals surface area contributed by atoms with Crippen molar-refractivity contribution >= 4 is 23.6 Å². The molecule has 0 aromatic carbocycles. The number of carboxylic acids is 1. The predicted octanol–water partition coefficient (Wildman–Crippen LogP) is -0.102. The predicted molar refractivity (Wildman–Crippen MR) is 38.8 cm³/mol. The van der Waals surface area contributed by atoms with Crippen molar-refractivity contribution in [2.24, 2.45) is 0 Å². The van der Waals surface area contributed by atoms with Crippen LogP contribution in [0, 0.1) is 0 Å². The normalized spacial score (nSPS) is 15.1. The summed E-state index contributed by atoms with van der Waals surface area (Å²) in [6.45, 7) is 1.08. The minimum atomic E-state index is -0.833. The molecule has 1 saturated heterocycles. The fraction of sp³-hybridized carbons (Fsp3) is 0.600. The summed E-state index contributed by atoms with van der Waals surface area (Å²) in [6.07, 6.45) is 0. The van der Waals surface area contributed by atoms with Gasteiger partial charge in [-0.1, -0.05) is 0 Å². The van der Waals surface area contributed by atoms with Crippen molar-refractivity contribution in [3.63, 3.8) is 0 Å². The Bertz CT molecular complexity index is 125. The molecule has 10 heavy (non-hydrogen) atoms. The molecule has 1 heterocycles. The van der Waals surface area contributed by atoms with Crippen molar-refractivity contribution in [1.29, 1.82) is 0 Å². The van der Waals surface area contributed by atoms with E-state index in [-0.39, 0.29) is 5.91 Å². The van der Waals surface area contributed by atoms with Crippen molar-refractivity contribution in [3.05, 3.63) is 0 Å². The lowest BCUT2D eigenvalue weighted by Gasteiger charge is -1.78. The number of thioether (sulfide) groups is 1. The fourth-order valence-corrected chi connectivity index (χ4v) is 0.979. The molecule has 58 valence electrons. The molecule has 0 spiro atoms. The van der Waals surface area contributed by atoms with Gasteiger partial charge in [-0.25, -0.2) is 0 Å². The fourth-order valence-electron chi connectivity index (χ4n) is 0.326. The zero-order valence-corrected chi connectivity index (χ0v) is 6.40. The van der Waals surface area contributed by atoms with Gasteiger partial charge >= 0.3 is 0 Å². The largest absolute Gasteiger partial charge is 0.481 e. The summed E-state index contributed by atoms with van der Waals surface area (Å²) in [6, 6.07) is 0. The van der Waals surface area contributed by atoms with E-state index in [1.807, 2.05) is 0 Å². The number of rotatable bonds is 0. The van der Waals surface area contributed by atoms with Gasteiger partial charge in [-0.05, 0) is 0 Å². The van der Waals surface area contributed by atoms with Gasteiger partial charge in [0.1, 0.15) is 0 Å². The number of carboxylic acid groups (broad SMARTS) is 1. The molecule has 1 aliphatic heterocycles. The molecule has 0 aromatic rings. The monoisotopic (exact) mass is 163 g/mol. The summed E-state index contributed by atoms with van der Waals surface area (Å²) >= 11 is 1.62. The first-order valence-corrected chi connectivity index (χ1v) is 3.82. The van der Waals surface area contributed by atoms with Crippen LogP contribution in [0.3, 0.4) is 0 Å². The number of amides is 1. The molecule has 0 bridgehead atoms. The first-order valence-electron chi connectivity index (χ1n) is 2.67. The lowest BCUT2D eigenvalue weighted by Crippen LogP contribution is -2.14. The van der Waals surface area contributed by atoms with Crippen molar-refractivity contribution in [2.45, 2.75) is 6.92 Å². The summed E-state index contributed by atoms with van der Waals surface area (Å²) in [5.41, 5.74) is 0. The molecule has 0 aromatic heterocycles. The highest BCUT2D eigenvalue weighted by Gasteiger charge is 2.05. The smallest absolute Gasteiger partial charge is 0.300 e. The quantitative estimate of drug-likeness (QED) is 0.523. The van der Waals surface area contributed by atoms with E-state index in [0.717, 1.165) is 12.8 Å². The number of hydrogen-bond acceptors (Lipinski definition) is 3. The van der Waals surface area contributed by atoms with Crippen LogP contribution in [0.4, 0.5) is 0 Å². The van der Waals surface area contributed by atoms with Gasteiger partial charge in [0.15, 0.2) is 0 Å². The first-order chi connectivity index (χ1) is 4.63. The molecule has 0 atom stereocenters. The molecule has 0 unspecified atom stereocenters. The Balaban J connectivity index is 0.000000180. The molecule has 5 heteroatoms. The van der Waals surface area contributed by atoms with E-state index in [1.165, 1.54) is 0 Å². The zero-order valence-electron chi connectivity index (χ0n) is 5.59. The third-order valence-electron chi connectivity index (χ3n) is 0.605. The summed E-state index contributed by atoms with van der Waals surface area (Å²) in [5, 5.41) is 10.1. The molecular formula is C5H9NO3S. The molecule has 1 aliphatic rings. The highest BCUT2D eigenvalue weighted by molar-refractivity contribution is 8.00. The van der Waals surface area contributed by atoms with Crippen LogP contribution in [0.2, 0.25) is 0 Å². The average Bonchev–Trinajstić information content (AvgIpc) is 2.15. The molecular weight excluding hydrogens is 154 g/mol. The van der Waals surface area contributed by atoms with Crippen molar-refractivity contribution in [1.82, 2.24) is 5.32 Å². The Labute approximate surface area is 63.0 Å². The van der Waals surface area contributed by atoms with E-state index in [9.17, 15) is 4.79 Å². The lowest BCUT2D eigenvalue weighted by molar-refractivity contribution is -0.134. The van der Waals surface area contributed by atoms with E-state index in [1.54, 1.807) is 11.8 Å². The number of hydrogen-bond donors (Lipinski definition) is 2. The second-order valence-electron chi connectivity index (χ2n) is 1.61. The highest BCUT2D eigenvalue weighted by Crippen LogP contribution is 2.01. The van der Waals surface area contributed by atoms with E-state index in [2.05, 4.69) is 5.32 Å². The van der Waals surface area contributed by atoms with Gasteiger partial charge in [0.05, 0.1) is 11.6 Å². The standard InChI is InChI=1S/C3H5NOS.C2H4O2/c5-3-1-6-2-4-3;1-2(3)4/h1-2H2,(H,4,5);1H3,(H,3,4). The zero-order chi connectivity index (χ0) is 7.98. The van der Waals surface area contributed by atoms with Crippen LogP contribution in [0.15, 0.2) is 0 Å². The minimum Gasteiger partial charge on any atom is -0.481 e. The van der Waals surface area contributed by atoms with Gasteiger partial charge in [-0.2, -0.15) is 0 Å². The molecule has 0 saturated carbocycles. The van der Waals surface area contributed by atoms with Crippen LogP contribution in [0.25, 0.3) is 0 Å². The maximum absolute atomic E-state index is 10.1. The van der Waals surface area contributed by atoms with Crippen LogP contribution in [-0.2, 0) is 9.59 Å². The Morgan fingerprint density at radius 3 is 2.40 bits per heavy atom. The topological polar surface area (TPSA) is 66.4 Å². The molecule has 0 radical (unpaired) electrons. The van der Waals surface area contributed by atoms with Crippen LogP contribution >= 0.6 is 11.8 Å². The summed E-state index contributed by atoms with van der Waals surface area (Å²) < 4.78 is 0. The van der Waals surface area contributed by atoms with Gasteiger partial charge < -0.3 is 10.4 Å². The average molecular weight is 163 g/mol. The van der Waals surface area contributed by atoms with Gasteiger partial charge in [-0.15, -0.1) is 11.8 Å². The van der Waals surface area contributed by atoms with Crippen molar-refractivity contribution < 1.29 is 14.7 Å². The molecule has 2 N–H and O–H groups in total. The Kier molecular flexibility index (Phi) is 4.74. The minimum absolute atomic E-state index is 0.167. The third-order valence-corrected chi connectivity index (χ3v) is 1.42. The molecule has 1 rings (SSSR count). The van der Waals surface area contributed by atoms with Gasteiger partial charge in [0.25, 0.3) is 5.97 Å². The second-order valence-corrected chi connectivity index (χ2v) is 2.60. The van der Waals surface area contributed by atoms with Gasteiger partial charge in [0, 0.05) is 6.92 Å². The van der Waals surface area contributed by atoms with Crippen LogP contribution < -0.4 is 5.32 Å². The van der Waals surface area contributed by atoms with E-state index in [0.29, 0.717) is 5.75 Å². The van der Waals surface area contributed by atoms with Gasteiger partial charge in [-0.3, -0.25) is 9.59 Å². The lowest BCUT2D eigenvalue weighted by atomic mass is 10.7. The Morgan fingerprint density at radius 1 is 1.80 bits per heavy atom. The number of aliphatic carboxylic acids is 1. The van der Waals surface area contributed by atoms with E-state index in [4.69, 9.17) is 9.90 Å². The third kappa shape index (κ3) is 7.29. The number of nitrogens with one attached hydrogen (secondary N) is 1. The highest BCUT2D eigenvalue weighted by atomic mass is 32.2. The second kappa shape index (κ2) is 5.10. The molecule has 1 fully saturated rings. The van der Waals surface area contributed by atoms with Crippen LogP contribution in [0.5, 0.6) is 0 Å². The number of carbonyl (C=O) groups excluding carboxylic acids is 1. The van der Waals surface area contributed by atoms with Gasteiger partial charge in [0.2, 0.25) is 5.91 Å². The summed E-state index contributed by atoms with van der Waals surface area (Å²) in [7, 11) is 0. The van der Waals surface area contributed by atoms with Crippen LogP contribution in [0.1, 0.15) is 6.92 Å². The van der Waals surface area contributed by atoms with E-state index < -0.39 is 5.97 Å². The molecule has 4 nitrogen and oxygen atoms in total. The SMILES string of the molecule is CC(=O)O.O=C1CSCN1. The van der Waals surface area contributed by atoms with E-state index >= 15 is 0 Å². The summed E-state index contributed by atoms with van der Waals surface area (Å²) in [5.74, 6) is 0.791. The number of carbonyl (C=O) groups is 2. The summed E-state index contributed by atoms with van der Waals surface area (Å²) in [4.78, 5) is 19.1. The Morgan fingerprint density at radius 2 is 2.30 bits per heavy atom. The Hall–Kier alpha value is -0.710. The maximum atomic E-state index is 10.1.